The number of benzene rings is 2. The first-order chi connectivity index (χ1) is 12.5. The van der Waals surface area contributed by atoms with Crippen LogP contribution in [0.15, 0.2) is 36.4 Å². The number of hydrogen-bond acceptors (Lipinski definition) is 6. The number of methoxy groups -OCH3 is 2. The van der Waals surface area contributed by atoms with Crippen LogP contribution in [0, 0.1) is 0 Å². The Labute approximate surface area is 164 Å². The molecule has 0 saturated carbocycles. The van der Waals surface area contributed by atoms with E-state index in [0.717, 1.165) is 4.70 Å². The number of nitrogens with zero attached hydrogens (tertiary/aromatic N) is 1. The van der Waals surface area contributed by atoms with Crippen molar-refractivity contribution in [3.8, 4) is 11.5 Å². The second-order valence-corrected chi connectivity index (χ2v) is 6.99. The maximum absolute atomic E-state index is 12.2. The fourth-order valence-electron chi connectivity index (χ4n) is 2.21. The number of thiazole rings is 1. The molecule has 2 aromatic carbocycles. The lowest BCUT2D eigenvalue weighted by Crippen LogP contribution is -2.34. The first-order valence-corrected chi connectivity index (χ1v) is 9.01. The van der Waals surface area contributed by atoms with Crippen LogP contribution in [0.3, 0.4) is 0 Å². The Kier molecular flexibility index (Phi) is 5.55. The Morgan fingerprint density at radius 1 is 1.19 bits per heavy atom. The molecule has 2 N–H and O–H groups in total. The second kappa shape index (κ2) is 7.86. The number of fused-ring (bicyclic) bond motifs is 1. The molecule has 0 radical (unpaired) electrons. The average Bonchev–Trinajstić information content (AvgIpc) is 3.03. The van der Waals surface area contributed by atoms with Crippen LogP contribution in [0.5, 0.6) is 11.5 Å². The van der Waals surface area contributed by atoms with Gasteiger partial charge in [0.25, 0.3) is 5.91 Å². The van der Waals surface area contributed by atoms with E-state index in [4.69, 9.17) is 33.3 Å². The van der Waals surface area contributed by atoms with Crippen LogP contribution in [0.4, 0.5) is 5.13 Å². The van der Waals surface area contributed by atoms with E-state index in [1.807, 2.05) is 6.07 Å². The molecule has 1 amide bonds. The summed E-state index contributed by atoms with van der Waals surface area (Å²) >= 11 is 12.4. The summed E-state index contributed by atoms with van der Waals surface area (Å²) in [6, 6.07) is 10.1. The topological polar surface area (TPSA) is 72.5 Å². The largest absolute Gasteiger partial charge is 0.497 e. The van der Waals surface area contributed by atoms with Crippen LogP contribution >= 0.6 is 35.2 Å². The van der Waals surface area contributed by atoms with Crippen molar-refractivity contribution in [3.63, 3.8) is 0 Å². The fourth-order valence-corrected chi connectivity index (χ4v) is 3.50. The number of carbonyl (C=O) groups is 1. The number of thiocarbonyl (C=S) groups is 1. The smallest absolute Gasteiger partial charge is 0.257 e. The third kappa shape index (κ3) is 4.04. The lowest BCUT2D eigenvalue weighted by molar-refractivity contribution is 0.0977. The highest BCUT2D eigenvalue weighted by Gasteiger charge is 2.13. The van der Waals surface area contributed by atoms with Gasteiger partial charge in [-0.2, -0.15) is 0 Å². The van der Waals surface area contributed by atoms with Crippen molar-refractivity contribution in [2.24, 2.45) is 0 Å². The molecule has 6 nitrogen and oxygen atoms in total. The molecule has 0 aliphatic carbocycles. The Morgan fingerprint density at radius 3 is 2.58 bits per heavy atom. The van der Waals surface area contributed by atoms with Crippen LogP contribution in [-0.2, 0) is 0 Å². The maximum Gasteiger partial charge on any atom is 0.257 e. The summed E-state index contributed by atoms with van der Waals surface area (Å²) in [5, 5.41) is 6.77. The summed E-state index contributed by atoms with van der Waals surface area (Å²) < 4.78 is 11.5. The zero-order valence-electron chi connectivity index (χ0n) is 13.8. The minimum atomic E-state index is -0.334. The molecule has 0 spiro atoms. The molecule has 1 aromatic heterocycles. The van der Waals surface area contributed by atoms with Gasteiger partial charge in [0, 0.05) is 16.7 Å². The summed E-state index contributed by atoms with van der Waals surface area (Å²) in [5.41, 5.74) is 1.14. The summed E-state index contributed by atoms with van der Waals surface area (Å²) in [7, 11) is 3.15. The van der Waals surface area contributed by atoms with Crippen LogP contribution in [0.2, 0.25) is 5.02 Å². The highest BCUT2D eigenvalue weighted by Crippen LogP contribution is 2.36. The van der Waals surface area contributed by atoms with Gasteiger partial charge in [-0.15, -0.1) is 0 Å². The predicted octanol–water partition coefficient (Wildman–Crippen LogP) is 4.09. The highest BCUT2D eigenvalue weighted by molar-refractivity contribution is 7.80. The molecule has 0 atom stereocenters. The van der Waals surface area contributed by atoms with E-state index in [1.165, 1.54) is 11.3 Å². The lowest BCUT2D eigenvalue weighted by Gasteiger charge is -2.07. The number of amides is 1. The maximum atomic E-state index is 12.2. The van der Waals surface area contributed by atoms with Gasteiger partial charge < -0.3 is 14.8 Å². The number of nitrogens with one attached hydrogen (secondary N) is 2. The third-order valence-electron chi connectivity index (χ3n) is 3.44. The molecule has 0 aliphatic rings. The zero-order valence-corrected chi connectivity index (χ0v) is 16.2. The number of rotatable bonds is 4. The van der Waals surface area contributed by atoms with Crippen molar-refractivity contribution in [1.29, 1.82) is 0 Å². The van der Waals surface area contributed by atoms with E-state index >= 15 is 0 Å². The van der Waals surface area contributed by atoms with Crippen molar-refractivity contribution in [2.45, 2.75) is 0 Å². The summed E-state index contributed by atoms with van der Waals surface area (Å²) in [6.07, 6.45) is 0. The van der Waals surface area contributed by atoms with Crippen molar-refractivity contribution < 1.29 is 14.3 Å². The number of hydrogen-bond donors (Lipinski definition) is 2. The van der Waals surface area contributed by atoms with Gasteiger partial charge in [0.2, 0.25) is 0 Å². The molecule has 134 valence electrons. The molecular weight excluding hydrogens is 394 g/mol. The minimum absolute atomic E-state index is 0.148. The molecule has 0 saturated heterocycles. The van der Waals surface area contributed by atoms with Crippen molar-refractivity contribution in [1.82, 2.24) is 10.3 Å². The molecule has 0 fully saturated rings. The van der Waals surface area contributed by atoms with Gasteiger partial charge in [0.1, 0.15) is 17.0 Å². The van der Waals surface area contributed by atoms with Crippen molar-refractivity contribution in [2.75, 3.05) is 19.5 Å². The molecule has 26 heavy (non-hydrogen) atoms. The third-order valence-corrected chi connectivity index (χ3v) is 4.82. The van der Waals surface area contributed by atoms with Gasteiger partial charge in [0.05, 0.1) is 18.9 Å². The zero-order chi connectivity index (χ0) is 18.7. The first-order valence-electron chi connectivity index (χ1n) is 7.40. The van der Waals surface area contributed by atoms with Crippen molar-refractivity contribution in [3.05, 3.63) is 47.0 Å². The van der Waals surface area contributed by atoms with E-state index in [9.17, 15) is 4.79 Å². The van der Waals surface area contributed by atoms with E-state index in [-0.39, 0.29) is 11.0 Å². The van der Waals surface area contributed by atoms with Crippen LogP contribution in [0.25, 0.3) is 10.2 Å². The lowest BCUT2D eigenvalue weighted by atomic mass is 10.2. The number of ether oxygens (including phenoxy) is 2. The molecule has 0 unspecified atom stereocenters. The normalized spacial score (nSPS) is 10.4. The fraction of sp³-hybridized carbons (Fsp3) is 0.118. The summed E-state index contributed by atoms with van der Waals surface area (Å²) in [5.74, 6) is 0.933. The van der Waals surface area contributed by atoms with Crippen molar-refractivity contribution >= 4 is 61.5 Å². The minimum Gasteiger partial charge on any atom is -0.497 e. The van der Waals surface area contributed by atoms with E-state index in [0.29, 0.717) is 32.7 Å². The molecule has 0 aliphatic heterocycles. The molecule has 9 heteroatoms. The molecular formula is C17H14ClN3O3S2. The highest BCUT2D eigenvalue weighted by atomic mass is 35.5. The standard InChI is InChI=1S/C17H14ClN3O3S2/c1-23-11-7-12(24-2)14-13(8-11)26-17(19-14)21-16(25)20-15(22)9-3-5-10(18)6-4-9/h3-8H,1-2H3,(H2,19,20,21,22,25). The SMILES string of the molecule is COc1cc(OC)c2nc(NC(=S)NC(=O)c3ccc(Cl)cc3)sc2c1. The van der Waals surface area contributed by atoms with Gasteiger partial charge in [-0.1, -0.05) is 22.9 Å². The number of aromatic nitrogens is 1. The quantitative estimate of drug-likeness (QED) is 0.634. The molecule has 1 heterocycles. The predicted molar refractivity (Wildman–Crippen MR) is 108 cm³/mol. The molecule has 3 aromatic rings. The molecule has 0 bridgehead atoms. The first kappa shape index (κ1) is 18.4. The van der Waals surface area contributed by atoms with Gasteiger partial charge >= 0.3 is 0 Å². The van der Waals surface area contributed by atoms with Crippen LogP contribution < -0.4 is 20.1 Å². The van der Waals surface area contributed by atoms with Crippen LogP contribution in [-0.4, -0.2) is 30.2 Å². The van der Waals surface area contributed by atoms with E-state index < -0.39 is 0 Å². The summed E-state index contributed by atoms with van der Waals surface area (Å²) in [6.45, 7) is 0. The van der Waals surface area contributed by atoms with Crippen LogP contribution in [0.1, 0.15) is 10.4 Å². The Morgan fingerprint density at radius 2 is 1.92 bits per heavy atom. The monoisotopic (exact) mass is 407 g/mol. The average molecular weight is 408 g/mol. The van der Waals surface area contributed by atoms with E-state index in [1.54, 1.807) is 44.6 Å². The Balaban J connectivity index is 1.74. The number of carbonyl (C=O) groups excluding carboxylic acids is 1. The van der Waals surface area contributed by atoms with Gasteiger partial charge in [-0.3, -0.25) is 10.1 Å². The summed E-state index contributed by atoms with van der Waals surface area (Å²) in [4.78, 5) is 16.6. The Hall–Kier alpha value is -2.42. The van der Waals surface area contributed by atoms with Gasteiger partial charge in [-0.25, -0.2) is 4.98 Å². The van der Waals surface area contributed by atoms with E-state index in [2.05, 4.69) is 15.6 Å². The van der Waals surface area contributed by atoms with Gasteiger partial charge in [-0.05, 0) is 42.5 Å². The molecule has 3 rings (SSSR count). The Bertz CT molecular complexity index is 973. The number of halogens is 1. The second-order valence-electron chi connectivity index (χ2n) is 5.11. The van der Waals surface area contributed by atoms with Gasteiger partial charge in [0.15, 0.2) is 10.2 Å². The number of anilines is 1.